The van der Waals surface area contributed by atoms with Crippen LogP contribution in [0.15, 0.2) is 35.5 Å². The predicted molar refractivity (Wildman–Crippen MR) is 107 cm³/mol. The lowest BCUT2D eigenvalue weighted by atomic mass is 10.2. The van der Waals surface area contributed by atoms with Crippen LogP contribution in [0.2, 0.25) is 5.02 Å². The fraction of sp³-hybridized carbons (Fsp3) is 0.444. The standard InChI is InChI=1S/C18H24ClN5S/c1-3-20-18(22-13-15-12-21-14(2)25-15)24-10-8-23(9-11-24)17-7-5-4-6-16(17)19/h4-7,12H,3,8-11,13H2,1-2H3,(H,20,22). The lowest BCUT2D eigenvalue weighted by Gasteiger charge is -2.38. The Morgan fingerprint density at radius 3 is 2.68 bits per heavy atom. The van der Waals surface area contributed by atoms with E-state index in [9.17, 15) is 0 Å². The monoisotopic (exact) mass is 377 g/mol. The summed E-state index contributed by atoms with van der Waals surface area (Å²) in [5.74, 6) is 0.979. The van der Waals surface area contributed by atoms with E-state index in [0.717, 1.165) is 54.4 Å². The fourth-order valence-corrected chi connectivity index (χ4v) is 3.90. The summed E-state index contributed by atoms with van der Waals surface area (Å²) in [6.07, 6.45) is 1.92. The highest BCUT2D eigenvalue weighted by Gasteiger charge is 2.21. The third kappa shape index (κ3) is 4.64. The molecule has 2 aromatic rings. The van der Waals surface area contributed by atoms with E-state index in [1.807, 2.05) is 31.3 Å². The number of halogens is 1. The van der Waals surface area contributed by atoms with Crippen LogP contribution in [-0.2, 0) is 6.54 Å². The molecule has 134 valence electrons. The highest BCUT2D eigenvalue weighted by atomic mass is 35.5. The Balaban J connectivity index is 1.63. The number of nitrogens with one attached hydrogen (secondary N) is 1. The Labute approximate surface area is 158 Å². The van der Waals surface area contributed by atoms with Gasteiger partial charge in [0.1, 0.15) is 0 Å². The van der Waals surface area contributed by atoms with E-state index in [1.165, 1.54) is 4.88 Å². The van der Waals surface area contributed by atoms with Crippen molar-refractivity contribution in [3.8, 4) is 0 Å². The zero-order valence-electron chi connectivity index (χ0n) is 14.7. The van der Waals surface area contributed by atoms with Gasteiger partial charge in [-0.15, -0.1) is 11.3 Å². The van der Waals surface area contributed by atoms with Crippen molar-refractivity contribution in [1.29, 1.82) is 0 Å². The molecule has 3 rings (SSSR count). The minimum atomic E-state index is 0.679. The number of benzene rings is 1. The van der Waals surface area contributed by atoms with E-state index < -0.39 is 0 Å². The molecule has 0 amide bonds. The molecule has 1 N–H and O–H groups in total. The molecule has 0 radical (unpaired) electrons. The van der Waals surface area contributed by atoms with Crippen LogP contribution in [0, 0.1) is 6.92 Å². The quantitative estimate of drug-likeness (QED) is 0.655. The van der Waals surface area contributed by atoms with Gasteiger partial charge in [-0.05, 0) is 26.0 Å². The van der Waals surface area contributed by atoms with Gasteiger partial charge in [0.15, 0.2) is 5.96 Å². The molecule has 5 nitrogen and oxygen atoms in total. The first-order valence-electron chi connectivity index (χ1n) is 8.61. The smallest absolute Gasteiger partial charge is 0.194 e. The van der Waals surface area contributed by atoms with Gasteiger partial charge >= 0.3 is 0 Å². The van der Waals surface area contributed by atoms with Gasteiger partial charge in [-0.25, -0.2) is 9.98 Å². The van der Waals surface area contributed by atoms with Gasteiger partial charge in [-0.2, -0.15) is 0 Å². The van der Waals surface area contributed by atoms with Gasteiger partial charge in [0.05, 0.1) is 22.3 Å². The summed E-state index contributed by atoms with van der Waals surface area (Å²) < 4.78 is 0. The van der Waals surface area contributed by atoms with E-state index >= 15 is 0 Å². The summed E-state index contributed by atoms with van der Waals surface area (Å²) >= 11 is 8.04. The molecule has 1 aliphatic rings. The van der Waals surface area contributed by atoms with Crippen molar-refractivity contribution < 1.29 is 0 Å². The number of aromatic nitrogens is 1. The van der Waals surface area contributed by atoms with Crippen LogP contribution in [-0.4, -0.2) is 48.6 Å². The van der Waals surface area contributed by atoms with Gasteiger partial charge in [0.2, 0.25) is 0 Å². The maximum absolute atomic E-state index is 6.33. The van der Waals surface area contributed by atoms with Crippen molar-refractivity contribution in [2.24, 2.45) is 4.99 Å². The minimum absolute atomic E-state index is 0.679. The van der Waals surface area contributed by atoms with Crippen molar-refractivity contribution >= 4 is 34.6 Å². The lowest BCUT2D eigenvalue weighted by molar-refractivity contribution is 0.372. The second-order valence-corrected chi connectivity index (χ2v) is 7.67. The molecule has 0 bridgehead atoms. The number of thiazole rings is 1. The second kappa shape index (κ2) is 8.54. The normalized spacial score (nSPS) is 15.6. The number of aryl methyl sites for hydroxylation is 1. The molecule has 1 aromatic carbocycles. The molecule has 1 saturated heterocycles. The van der Waals surface area contributed by atoms with Crippen LogP contribution >= 0.6 is 22.9 Å². The highest BCUT2D eigenvalue weighted by Crippen LogP contribution is 2.26. The first-order chi connectivity index (χ1) is 12.2. The van der Waals surface area contributed by atoms with Crippen molar-refractivity contribution in [1.82, 2.24) is 15.2 Å². The molecule has 0 spiro atoms. The van der Waals surface area contributed by atoms with E-state index in [-0.39, 0.29) is 0 Å². The largest absolute Gasteiger partial charge is 0.367 e. The Bertz CT molecular complexity index is 722. The third-order valence-corrected chi connectivity index (χ3v) is 5.38. The summed E-state index contributed by atoms with van der Waals surface area (Å²) in [7, 11) is 0. The number of para-hydroxylation sites is 1. The summed E-state index contributed by atoms with van der Waals surface area (Å²) in [6.45, 7) is 9.41. The van der Waals surface area contributed by atoms with Crippen molar-refractivity contribution in [3.63, 3.8) is 0 Å². The zero-order valence-corrected chi connectivity index (χ0v) is 16.3. The molecule has 0 atom stereocenters. The van der Waals surface area contributed by atoms with E-state index in [2.05, 4.69) is 33.1 Å². The second-order valence-electron chi connectivity index (χ2n) is 5.94. The van der Waals surface area contributed by atoms with Gasteiger partial charge in [0.25, 0.3) is 0 Å². The number of nitrogens with zero attached hydrogens (tertiary/aromatic N) is 4. The average Bonchev–Trinajstić information content (AvgIpc) is 3.05. The Kier molecular flexibility index (Phi) is 6.15. The van der Waals surface area contributed by atoms with Crippen LogP contribution in [0.5, 0.6) is 0 Å². The number of hydrogen-bond donors (Lipinski definition) is 1. The first kappa shape index (κ1) is 18.0. The average molecular weight is 378 g/mol. The van der Waals surface area contributed by atoms with E-state index in [1.54, 1.807) is 11.3 Å². The topological polar surface area (TPSA) is 43.8 Å². The van der Waals surface area contributed by atoms with Crippen LogP contribution in [0.25, 0.3) is 0 Å². The number of piperazine rings is 1. The molecule has 2 heterocycles. The maximum atomic E-state index is 6.33. The van der Waals surface area contributed by atoms with Crippen LogP contribution in [0.3, 0.4) is 0 Å². The fourth-order valence-electron chi connectivity index (χ4n) is 2.92. The first-order valence-corrected chi connectivity index (χ1v) is 9.81. The van der Waals surface area contributed by atoms with Gasteiger partial charge < -0.3 is 15.1 Å². The molecule has 25 heavy (non-hydrogen) atoms. The lowest BCUT2D eigenvalue weighted by Crippen LogP contribution is -2.52. The molecular formula is C18H24ClN5S. The SMILES string of the molecule is CCNC(=NCc1cnc(C)s1)N1CCN(c2ccccc2Cl)CC1. The highest BCUT2D eigenvalue weighted by molar-refractivity contribution is 7.11. The molecule has 1 aromatic heterocycles. The van der Waals surface area contributed by atoms with Crippen molar-refractivity contribution in [3.05, 3.63) is 45.4 Å². The third-order valence-electron chi connectivity index (χ3n) is 4.16. The summed E-state index contributed by atoms with van der Waals surface area (Å²) in [4.78, 5) is 15.0. The number of rotatable bonds is 4. The summed E-state index contributed by atoms with van der Waals surface area (Å²) in [6, 6.07) is 8.05. The number of hydrogen-bond acceptors (Lipinski definition) is 4. The van der Waals surface area contributed by atoms with Crippen molar-refractivity contribution in [2.45, 2.75) is 20.4 Å². The van der Waals surface area contributed by atoms with Crippen LogP contribution in [0.4, 0.5) is 5.69 Å². The number of guanidine groups is 1. The predicted octanol–water partition coefficient (Wildman–Crippen LogP) is 3.39. The molecule has 7 heteroatoms. The van der Waals surface area contributed by atoms with Gasteiger partial charge in [0, 0.05) is 43.8 Å². The van der Waals surface area contributed by atoms with Crippen molar-refractivity contribution in [2.75, 3.05) is 37.6 Å². The van der Waals surface area contributed by atoms with Gasteiger partial charge in [-0.1, -0.05) is 23.7 Å². The molecule has 0 saturated carbocycles. The van der Waals surface area contributed by atoms with E-state index in [0.29, 0.717) is 6.54 Å². The van der Waals surface area contributed by atoms with Crippen LogP contribution < -0.4 is 10.2 Å². The molecule has 1 aliphatic heterocycles. The number of aliphatic imine (C=N–C) groups is 1. The van der Waals surface area contributed by atoms with Gasteiger partial charge in [-0.3, -0.25) is 0 Å². The molecule has 1 fully saturated rings. The number of anilines is 1. The zero-order chi connectivity index (χ0) is 17.6. The Hall–Kier alpha value is -1.79. The molecular weight excluding hydrogens is 354 g/mol. The Morgan fingerprint density at radius 2 is 2.04 bits per heavy atom. The molecule has 0 unspecified atom stereocenters. The Morgan fingerprint density at radius 1 is 1.28 bits per heavy atom. The summed E-state index contributed by atoms with van der Waals surface area (Å²) in [5.41, 5.74) is 1.12. The van der Waals surface area contributed by atoms with E-state index in [4.69, 9.17) is 16.6 Å². The maximum Gasteiger partial charge on any atom is 0.194 e. The molecule has 0 aliphatic carbocycles. The van der Waals surface area contributed by atoms with Crippen LogP contribution in [0.1, 0.15) is 16.8 Å². The summed E-state index contributed by atoms with van der Waals surface area (Å²) in [5, 5.41) is 5.31. The minimum Gasteiger partial charge on any atom is -0.367 e.